The second-order valence-electron chi connectivity index (χ2n) is 6.58. The highest BCUT2D eigenvalue weighted by Crippen LogP contribution is 2.44. The molecule has 0 amide bonds. The van der Waals surface area contributed by atoms with Crippen LogP contribution in [0.4, 0.5) is 5.69 Å². The minimum absolute atomic E-state index is 0.00887. The van der Waals surface area contributed by atoms with Gasteiger partial charge in [0.1, 0.15) is 0 Å². The molecule has 1 aliphatic rings. The number of hydrogen-bond donors (Lipinski definition) is 2. The Balaban J connectivity index is 1.89. The van der Waals surface area contributed by atoms with Crippen LogP contribution in [-0.4, -0.2) is 15.1 Å². The molecule has 2 atom stereocenters. The van der Waals surface area contributed by atoms with Crippen LogP contribution in [0.25, 0.3) is 0 Å². The van der Waals surface area contributed by atoms with E-state index in [0.717, 1.165) is 22.8 Å². The average Bonchev–Trinajstić information content (AvgIpc) is 3.12. The first-order valence-electron chi connectivity index (χ1n) is 8.58. The van der Waals surface area contributed by atoms with Gasteiger partial charge >= 0.3 is 0 Å². The minimum Gasteiger partial charge on any atom is -0.362 e. The highest BCUT2D eigenvalue weighted by molar-refractivity contribution is 14.1. The van der Waals surface area contributed by atoms with Crippen LogP contribution in [0, 0.1) is 17.4 Å². The number of hydrogen-bond acceptors (Lipinski definition) is 2. The summed E-state index contributed by atoms with van der Waals surface area (Å²) < 4.78 is 1.22. The summed E-state index contributed by atoms with van der Waals surface area (Å²) >= 11 is 14.3. The summed E-state index contributed by atoms with van der Waals surface area (Å²) in [7, 11) is 0. The van der Waals surface area contributed by atoms with Crippen LogP contribution < -0.4 is 10.2 Å². The SMILES string of the molecule is Cc1[nH]c(C)c([C@H]2[C@H](c3ccccn3)NC(=S)N2c2ccc(Cl)cc2)c1I. The van der Waals surface area contributed by atoms with E-state index >= 15 is 0 Å². The largest absolute Gasteiger partial charge is 0.362 e. The number of thiocarbonyl (C=S) groups is 1. The van der Waals surface area contributed by atoms with Crippen molar-refractivity contribution in [1.29, 1.82) is 0 Å². The molecular weight excluding hydrogens is 491 g/mol. The summed E-state index contributed by atoms with van der Waals surface area (Å²) in [4.78, 5) is 10.2. The molecule has 0 radical (unpaired) electrons. The lowest BCUT2D eigenvalue weighted by Crippen LogP contribution is -2.29. The van der Waals surface area contributed by atoms with Gasteiger partial charge in [0.2, 0.25) is 0 Å². The van der Waals surface area contributed by atoms with E-state index in [4.69, 9.17) is 23.8 Å². The van der Waals surface area contributed by atoms with E-state index in [0.29, 0.717) is 10.1 Å². The van der Waals surface area contributed by atoms with Gasteiger partial charge in [-0.25, -0.2) is 0 Å². The topological polar surface area (TPSA) is 44.0 Å². The number of halogens is 2. The summed E-state index contributed by atoms with van der Waals surface area (Å²) in [6, 6.07) is 13.7. The molecule has 0 aliphatic carbocycles. The number of aryl methyl sites for hydroxylation is 2. The molecule has 2 aromatic heterocycles. The molecule has 4 rings (SSSR count). The Hall–Kier alpha value is -1.64. The molecule has 0 unspecified atom stereocenters. The number of aromatic amines is 1. The molecule has 1 aliphatic heterocycles. The van der Waals surface area contributed by atoms with Crippen LogP contribution in [0.5, 0.6) is 0 Å². The summed E-state index contributed by atoms with van der Waals surface area (Å²) in [5.41, 5.74) is 5.53. The second-order valence-corrected chi connectivity index (χ2v) is 8.48. The number of H-pyrrole nitrogens is 1. The zero-order valence-electron chi connectivity index (χ0n) is 14.8. The second kappa shape index (κ2) is 7.41. The van der Waals surface area contributed by atoms with E-state index < -0.39 is 0 Å². The van der Waals surface area contributed by atoms with E-state index in [1.54, 1.807) is 0 Å². The zero-order chi connectivity index (χ0) is 19.1. The summed E-state index contributed by atoms with van der Waals surface area (Å²) in [5, 5.41) is 4.88. The van der Waals surface area contributed by atoms with Gasteiger partial charge < -0.3 is 15.2 Å². The Morgan fingerprint density at radius 3 is 2.44 bits per heavy atom. The Bertz CT molecular complexity index is 987. The Morgan fingerprint density at radius 2 is 1.85 bits per heavy atom. The van der Waals surface area contributed by atoms with Crippen LogP contribution in [0.3, 0.4) is 0 Å². The van der Waals surface area contributed by atoms with Crippen molar-refractivity contribution in [3.8, 4) is 0 Å². The molecule has 0 saturated carbocycles. The number of rotatable bonds is 3. The van der Waals surface area contributed by atoms with Crippen molar-refractivity contribution >= 4 is 57.2 Å². The number of aromatic nitrogens is 2. The monoisotopic (exact) mass is 508 g/mol. The van der Waals surface area contributed by atoms with Gasteiger partial charge in [0.15, 0.2) is 5.11 Å². The summed E-state index contributed by atoms with van der Waals surface area (Å²) in [6.07, 6.45) is 1.82. The van der Waals surface area contributed by atoms with Crippen LogP contribution in [0.15, 0.2) is 48.7 Å². The molecule has 7 heteroatoms. The third-order valence-electron chi connectivity index (χ3n) is 4.84. The smallest absolute Gasteiger partial charge is 0.174 e. The fourth-order valence-electron chi connectivity index (χ4n) is 3.65. The van der Waals surface area contributed by atoms with Crippen molar-refractivity contribution < 1.29 is 0 Å². The first-order chi connectivity index (χ1) is 13.0. The van der Waals surface area contributed by atoms with Crippen molar-refractivity contribution in [3.05, 3.63) is 79.9 Å². The van der Waals surface area contributed by atoms with Crippen molar-refractivity contribution in [2.24, 2.45) is 0 Å². The maximum absolute atomic E-state index is 6.10. The number of nitrogens with zero attached hydrogens (tertiary/aromatic N) is 2. The summed E-state index contributed by atoms with van der Waals surface area (Å²) in [6.45, 7) is 4.21. The third kappa shape index (κ3) is 3.34. The first kappa shape index (κ1) is 18.7. The van der Waals surface area contributed by atoms with Crippen molar-refractivity contribution in [1.82, 2.24) is 15.3 Å². The van der Waals surface area contributed by atoms with E-state index in [-0.39, 0.29) is 12.1 Å². The molecule has 1 fully saturated rings. The minimum atomic E-state index is -0.0446. The van der Waals surface area contributed by atoms with E-state index in [9.17, 15) is 0 Å². The predicted molar refractivity (Wildman–Crippen MR) is 122 cm³/mol. The number of anilines is 1. The Morgan fingerprint density at radius 1 is 1.11 bits per heavy atom. The van der Waals surface area contributed by atoms with Crippen molar-refractivity contribution in [3.63, 3.8) is 0 Å². The lowest BCUT2D eigenvalue weighted by Gasteiger charge is -2.28. The quantitative estimate of drug-likeness (QED) is 0.364. The standard InChI is InChI=1S/C20H18ClIN4S/c1-11-16(17(22)12(2)24-11)19-18(15-5-3-4-10-23-15)25-20(27)26(19)14-8-6-13(21)7-9-14/h3-10,18-19,24H,1-2H3,(H,25,27)/t18-,19-/m0/s1. The fourth-order valence-corrected chi connectivity index (χ4v) is 4.98. The molecule has 27 heavy (non-hydrogen) atoms. The van der Waals surface area contributed by atoms with Gasteiger partial charge in [-0.05, 0) is 85.1 Å². The first-order valence-corrected chi connectivity index (χ1v) is 10.4. The van der Waals surface area contributed by atoms with Gasteiger partial charge in [-0.2, -0.15) is 0 Å². The maximum Gasteiger partial charge on any atom is 0.174 e. The van der Waals surface area contributed by atoms with Crippen LogP contribution in [0.2, 0.25) is 5.02 Å². The molecule has 1 saturated heterocycles. The fraction of sp³-hybridized carbons (Fsp3) is 0.200. The normalized spacial score (nSPS) is 19.4. The van der Waals surface area contributed by atoms with Gasteiger partial charge in [-0.1, -0.05) is 17.7 Å². The van der Waals surface area contributed by atoms with Gasteiger partial charge in [0.05, 0.1) is 17.8 Å². The van der Waals surface area contributed by atoms with Gasteiger partial charge in [-0.15, -0.1) is 0 Å². The average molecular weight is 509 g/mol. The molecule has 3 heterocycles. The lowest BCUT2D eigenvalue weighted by molar-refractivity contribution is 0.564. The molecular formula is C20H18ClIN4S. The zero-order valence-corrected chi connectivity index (χ0v) is 18.6. The number of benzene rings is 1. The van der Waals surface area contributed by atoms with Crippen LogP contribution in [0.1, 0.15) is 34.7 Å². The number of pyridine rings is 1. The highest BCUT2D eigenvalue weighted by Gasteiger charge is 2.42. The molecule has 138 valence electrons. The predicted octanol–water partition coefficient (Wildman–Crippen LogP) is 5.46. The lowest BCUT2D eigenvalue weighted by atomic mass is 9.96. The molecule has 4 nitrogen and oxygen atoms in total. The molecule has 2 N–H and O–H groups in total. The van der Waals surface area contributed by atoms with E-state index in [1.165, 1.54) is 9.13 Å². The molecule has 0 spiro atoms. The summed E-state index contributed by atoms with van der Waals surface area (Å²) in [5.74, 6) is 0. The maximum atomic E-state index is 6.10. The van der Waals surface area contributed by atoms with Crippen LogP contribution >= 0.6 is 46.4 Å². The van der Waals surface area contributed by atoms with Gasteiger partial charge in [0.25, 0.3) is 0 Å². The number of nitrogens with one attached hydrogen (secondary N) is 2. The van der Waals surface area contributed by atoms with Gasteiger partial charge in [0, 0.05) is 37.4 Å². The van der Waals surface area contributed by atoms with Gasteiger partial charge in [-0.3, -0.25) is 4.98 Å². The Kier molecular flexibility index (Phi) is 5.13. The molecule has 1 aromatic carbocycles. The van der Waals surface area contributed by atoms with E-state index in [2.05, 4.69) is 56.6 Å². The Labute approximate surface area is 182 Å². The van der Waals surface area contributed by atoms with Crippen molar-refractivity contribution in [2.45, 2.75) is 25.9 Å². The third-order valence-corrected chi connectivity index (χ3v) is 6.80. The molecule has 3 aromatic rings. The van der Waals surface area contributed by atoms with Crippen LogP contribution in [-0.2, 0) is 0 Å². The molecule has 0 bridgehead atoms. The highest BCUT2D eigenvalue weighted by atomic mass is 127. The van der Waals surface area contributed by atoms with Crippen molar-refractivity contribution in [2.75, 3.05) is 4.90 Å². The van der Waals surface area contributed by atoms with E-state index in [1.807, 2.05) is 48.7 Å².